The topological polar surface area (TPSA) is 69.6 Å². The number of amides is 1. The molecule has 0 spiro atoms. The molecule has 0 bridgehead atoms. The van der Waals surface area contributed by atoms with E-state index in [1.54, 1.807) is 6.08 Å². The van der Waals surface area contributed by atoms with Crippen molar-refractivity contribution in [3.63, 3.8) is 0 Å². The number of hydrogen-bond acceptors (Lipinski definition) is 3. The molecular weight excluding hydrogens is 206 g/mol. The van der Waals surface area contributed by atoms with Gasteiger partial charge in [-0.3, -0.25) is 4.79 Å². The molecule has 16 heavy (non-hydrogen) atoms. The third kappa shape index (κ3) is 5.88. The largest absolute Gasteiger partial charge is 0.394 e. The van der Waals surface area contributed by atoms with Gasteiger partial charge in [0.25, 0.3) is 0 Å². The predicted octanol–water partition coefficient (Wildman–Crippen LogP) is 0.694. The maximum Gasteiger partial charge on any atom is 0.219 e. The summed E-state index contributed by atoms with van der Waals surface area (Å²) in [5.74, 6) is 0.155. The molecule has 0 aliphatic carbocycles. The van der Waals surface area contributed by atoms with Crippen molar-refractivity contribution in [3.8, 4) is 0 Å². The second kappa shape index (κ2) is 8.30. The Labute approximate surface area is 97.4 Å². The van der Waals surface area contributed by atoms with E-state index in [0.717, 1.165) is 0 Å². The highest BCUT2D eigenvalue weighted by atomic mass is 16.3. The number of carbonyl (C=O) groups is 1. The van der Waals surface area contributed by atoms with Gasteiger partial charge in [0.2, 0.25) is 5.91 Å². The van der Waals surface area contributed by atoms with Crippen LogP contribution in [0.5, 0.6) is 0 Å². The van der Waals surface area contributed by atoms with Gasteiger partial charge in [0, 0.05) is 18.9 Å². The molecule has 3 atom stereocenters. The van der Waals surface area contributed by atoms with E-state index in [-0.39, 0.29) is 24.3 Å². The summed E-state index contributed by atoms with van der Waals surface area (Å²) in [5.41, 5.74) is 0. The van der Waals surface area contributed by atoms with Crippen LogP contribution in [-0.2, 0) is 4.79 Å². The first-order chi connectivity index (χ1) is 7.54. The van der Waals surface area contributed by atoms with Crippen LogP contribution >= 0.6 is 0 Å². The lowest BCUT2D eigenvalue weighted by Gasteiger charge is -2.21. The highest BCUT2D eigenvalue weighted by Gasteiger charge is 2.18. The van der Waals surface area contributed by atoms with Crippen molar-refractivity contribution in [2.24, 2.45) is 11.8 Å². The Morgan fingerprint density at radius 1 is 1.56 bits per heavy atom. The molecule has 3 N–H and O–H groups in total. The summed E-state index contributed by atoms with van der Waals surface area (Å²) >= 11 is 0. The Hall–Kier alpha value is -0.870. The molecule has 0 aromatic carbocycles. The highest BCUT2D eigenvalue weighted by Crippen LogP contribution is 2.16. The Morgan fingerprint density at radius 3 is 2.62 bits per heavy atom. The van der Waals surface area contributed by atoms with Crippen LogP contribution in [0.4, 0.5) is 0 Å². The Bertz CT molecular complexity index is 218. The van der Waals surface area contributed by atoms with Crippen molar-refractivity contribution >= 4 is 5.91 Å². The fourth-order valence-electron chi connectivity index (χ4n) is 1.51. The van der Waals surface area contributed by atoms with Gasteiger partial charge in [-0.25, -0.2) is 0 Å². The molecule has 0 aliphatic rings. The van der Waals surface area contributed by atoms with Gasteiger partial charge in [-0.2, -0.15) is 0 Å². The summed E-state index contributed by atoms with van der Waals surface area (Å²) in [6, 6.07) is 0. The second-order valence-corrected chi connectivity index (χ2v) is 4.15. The zero-order chi connectivity index (χ0) is 12.6. The Balaban J connectivity index is 3.96. The zero-order valence-corrected chi connectivity index (χ0v) is 10.1. The van der Waals surface area contributed by atoms with E-state index >= 15 is 0 Å². The molecule has 0 rings (SSSR count). The molecule has 0 heterocycles. The van der Waals surface area contributed by atoms with Crippen molar-refractivity contribution in [1.29, 1.82) is 0 Å². The number of rotatable bonds is 8. The summed E-state index contributed by atoms with van der Waals surface area (Å²) in [4.78, 5) is 11.0. The van der Waals surface area contributed by atoms with Gasteiger partial charge in [-0.1, -0.05) is 19.9 Å². The number of aliphatic hydroxyl groups excluding tert-OH is 2. The van der Waals surface area contributed by atoms with E-state index in [1.165, 1.54) is 0 Å². The van der Waals surface area contributed by atoms with Crippen LogP contribution in [0, 0.1) is 11.8 Å². The molecule has 0 saturated carbocycles. The number of aliphatic hydroxyl groups is 2. The second-order valence-electron chi connectivity index (χ2n) is 4.15. The standard InChI is InChI=1S/C12H23NO3/c1-4-10(11(15)8-14)6-9(3)7-13-12(16)5-2/h4,9-11,14-15H,1,5-8H2,2-3H3,(H,13,16)/t9-,10+,11-/m1/s1. The average molecular weight is 229 g/mol. The van der Waals surface area contributed by atoms with Crippen LogP contribution in [0.3, 0.4) is 0 Å². The van der Waals surface area contributed by atoms with Gasteiger partial charge >= 0.3 is 0 Å². The van der Waals surface area contributed by atoms with E-state index < -0.39 is 6.10 Å². The lowest BCUT2D eigenvalue weighted by atomic mass is 9.91. The van der Waals surface area contributed by atoms with E-state index in [2.05, 4.69) is 11.9 Å². The molecule has 0 fully saturated rings. The monoisotopic (exact) mass is 229 g/mol. The molecule has 4 nitrogen and oxygen atoms in total. The van der Waals surface area contributed by atoms with E-state index in [1.807, 2.05) is 13.8 Å². The summed E-state index contributed by atoms with van der Waals surface area (Å²) in [7, 11) is 0. The lowest BCUT2D eigenvalue weighted by molar-refractivity contribution is -0.120. The van der Waals surface area contributed by atoms with Gasteiger partial charge in [0.15, 0.2) is 0 Å². The first-order valence-electron chi connectivity index (χ1n) is 5.73. The minimum Gasteiger partial charge on any atom is -0.394 e. The van der Waals surface area contributed by atoms with Crippen LogP contribution in [0.15, 0.2) is 12.7 Å². The van der Waals surface area contributed by atoms with Crippen molar-refractivity contribution < 1.29 is 15.0 Å². The Morgan fingerprint density at radius 2 is 2.19 bits per heavy atom. The van der Waals surface area contributed by atoms with Crippen molar-refractivity contribution in [3.05, 3.63) is 12.7 Å². The van der Waals surface area contributed by atoms with Crippen molar-refractivity contribution in [2.45, 2.75) is 32.8 Å². The quantitative estimate of drug-likeness (QED) is 0.536. The molecule has 0 aromatic heterocycles. The SMILES string of the molecule is C=C[C@@H](C[C@@H](C)CNC(=O)CC)[C@H](O)CO. The fourth-order valence-corrected chi connectivity index (χ4v) is 1.51. The number of carbonyl (C=O) groups excluding carboxylic acids is 1. The van der Waals surface area contributed by atoms with E-state index in [9.17, 15) is 9.90 Å². The summed E-state index contributed by atoms with van der Waals surface area (Å²) in [6.45, 7) is 7.77. The smallest absolute Gasteiger partial charge is 0.219 e. The third-order valence-electron chi connectivity index (χ3n) is 2.63. The van der Waals surface area contributed by atoms with Crippen LogP contribution in [-0.4, -0.2) is 35.4 Å². The lowest BCUT2D eigenvalue weighted by Crippen LogP contribution is -2.31. The van der Waals surface area contributed by atoms with Crippen LogP contribution in [0.2, 0.25) is 0 Å². The first-order valence-corrected chi connectivity index (χ1v) is 5.73. The summed E-state index contributed by atoms with van der Waals surface area (Å²) in [6.07, 6.45) is 2.08. The molecule has 0 radical (unpaired) electrons. The van der Waals surface area contributed by atoms with Crippen molar-refractivity contribution in [2.75, 3.05) is 13.2 Å². The number of nitrogens with one attached hydrogen (secondary N) is 1. The normalized spacial score (nSPS) is 16.2. The molecule has 0 saturated heterocycles. The van der Waals surface area contributed by atoms with E-state index in [0.29, 0.717) is 19.4 Å². The van der Waals surface area contributed by atoms with Crippen molar-refractivity contribution in [1.82, 2.24) is 5.32 Å². The van der Waals surface area contributed by atoms with Crippen LogP contribution in [0.25, 0.3) is 0 Å². The average Bonchev–Trinajstić information content (AvgIpc) is 2.31. The first kappa shape index (κ1) is 15.1. The summed E-state index contributed by atoms with van der Waals surface area (Å²) in [5, 5.41) is 21.1. The zero-order valence-electron chi connectivity index (χ0n) is 10.1. The molecule has 4 heteroatoms. The predicted molar refractivity (Wildman–Crippen MR) is 63.9 cm³/mol. The molecule has 0 aromatic rings. The minimum atomic E-state index is -0.762. The number of hydrogen-bond donors (Lipinski definition) is 3. The highest BCUT2D eigenvalue weighted by molar-refractivity contribution is 5.75. The fraction of sp³-hybridized carbons (Fsp3) is 0.750. The van der Waals surface area contributed by atoms with Gasteiger partial charge in [0.05, 0.1) is 12.7 Å². The molecule has 1 amide bonds. The van der Waals surface area contributed by atoms with Gasteiger partial charge in [-0.15, -0.1) is 6.58 Å². The van der Waals surface area contributed by atoms with Crippen LogP contribution in [0.1, 0.15) is 26.7 Å². The van der Waals surface area contributed by atoms with Crippen LogP contribution < -0.4 is 5.32 Å². The molecule has 0 unspecified atom stereocenters. The van der Waals surface area contributed by atoms with Gasteiger partial charge < -0.3 is 15.5 Å². The maximum atomic E-state index is 11.0. The maximum absolute atomic E-state index is 11.0. The third-order valence-corrected chi connectivity index (χ3v) is 2.63. The minimum absolute atomic E-state index is 0.0321. The molecular formula is C12H23NO3. The van der Waals surface area contributed by atoms with Gasteiger partial charge in [-0.05, 0) is 12.3 Å². The van der Waals surface area contributed by atoms with Gasteiger partial charge in [0.1, 0.15) is 0 Å². The molecule has 94 valence electrons. The van der Waals surface area contributed by atoms with E-state index in [4.69, 9.17) is 5.11 Å². The Kier molecular flexibility index (Phi) is 7.85. The summed E-state index contributed by atoms with van der Waals surface area (Å²) < 4.78 is 0. The molecule has 0 aliphatic heterocycles.